The Kier molecular flexibility index (Phi) is 5.23. The van der Waals surface area contributed by atoms with Crippen molar-refractivity contribution in [2.24, 2.45) is 0 Å². The van der Waals surface area contributed by atoms with Gasteiger partial charge >= 0.3 is 0 Å². The molecule has 0 spiro atoms. The molecule has 4 rings (SSSR count). The summed E-state index contributed by atoms with van der Waals surface area (Å²) in [7, 11) is 0. The molecule has 0 aliphatic carbocycles. The Hall–Kier alpha value is -3.66. The molecule has 0 unspecified atom stereocenters. The summed E-state index contributed by atoms with van der Waals surface area (Å²) in [6.45, 7) is 6.14. The van der Waals surface area contributed by atoms with Gasteiger partial charge in [-0.25, -0.2) is 4.90 Å². The normalized spacial score (nSPS) is 13.9. The Morgan fingerprint density at radius 3 is 2.13 bits per heavy atom. The van der Waals surface area contributed by atoms with Crippen LogP contribution in [0.5, 0.6) is 0 Å². The lowest BCUT2D eigenvalue weighted by molar-refractivity contribution is -0.120. The average molecular weight is 396 g/mol. The first-order valence-corrected chi connectivity index (χ1v) is 10.1. The third-order valence-corrected chi connectivity index (χ3v) is 5.53. The van der Waals surface area contributed by atoms with Crippen LogP contribution in [0.4, 0.5) is 11.4 Å². The number of amides is 2. The number of imide groups is 1. The van der Waals surface area contributed by atoms with Crippen LogP contribution >= 0.6 is 0 Å². The van der Waals surface area contributed by atoms with Gasteiger partial charge in [0.2, 0.25) is 0 Å². The molecule has 0 fully saturated rings. The van der Waals surface area contributed by atoms with Crippen molar-refractivity contribution in [3.63, 3.8) is 0 Å². The predicted molar refractivity (Wildman–Crippen MR) is 121 cm³/mol. The fourth-order valence-electron chi connectivity index (χ4n) is 3.60. The van der Waals surface area contributed by atoms with Crippen molar-refractivity contribution >= 4 is 28.8 Å². The lowest BCUT2D eigenvalue weighted by atomic mass is 10.0. The minimum atomic E-state index is -0.346. The minimum Gasteiger partial charge on any atom is -0.350 e. The van der Waals surface area contributed by atoms with Crippen LogP contribution in [-0.4, -0.2) is 11.8 Å². The molecule has 2 amide bonds. The summed E-state index contributed by atoms with van der Waals surface area (Å²) in [5.74, 6) is -0.664. The lowest BCUT2D eigenvalue weighted by Gasteiger charge is -2.16. The minimum absolute atomic E-state index is 0.300. The van der Waals surface area contributed by atoms with E-state index in [2.05, 4.69) is 12.2 Å². The molecule has 0 saturated heterocycles. The summed E-state index contributed by atoms with van der Waals surface area (Å²) in [6.07, 6.45) is 0.898. The van der Waals surface area contributed by atoms with E-state index in [1.807, 2.05) is 86.6 Å². The Morgan fingerprint density at radius 1 is 0.800 bits per heavy atom. The van der Waals surface area contributed by atoms with E-state index in [1.54, 1.807) is 0 Å². The van der Waals surface area contributed by atoms with Crippen LogP contribution in [0.1, 0.15) is 29.2 Å². The summed E-state index contributed by atoms with van der Waals surface area (Å²) in [5.41, 5.74) is 6.21. The van der Waals surface area contributed by atoms with E-state index in [9.17, 15) is 9.59 Å². The molecule has 3 aromatic rings. The molecule has 1 heterocycles. The number of carbonyl (C=O) groups is 2. The first kappa shape index (κ1) is 19.6. The number of hydrogen-bond donors (Lipinski definition) is 1. The first-order chi connectivity index (χ1) is 14.5. The van der Waals surface area contributed by atoms with Gasteiger partial charge in [0.15, 0.2) is 0 Å². The summed E-state index contributed by atoms with van der Waals surface area (Å²) in [4.78, 5) is 28.1. The SMILES string of the molecule is CCc1ccc(N2C(=O)C(Nc3ccc(C)c(C)c3)=C(c3ccccc3)C2=O)cc1. The van der Waals surface area contributed by atoms with Gasteiger partial charge in [0.05, 0.1) is 11.3 Å². The standard InChI is InChI=1S/C26H24N2O2/c1-4-19-11-14-22(15-12-19)28-25(29)23(20-8-6-5-7-9-20)24(26(28)30)27-21-13-10-17(2)18(3)16-21/h5-16,27H,4H2,1-3H3. The Balaban J connectivity index is 1.79. The maximum atomic E-state index is 13.4. The Bertz CT molecular complexity index is 1150. The van der Waals surface area contributed by atoms with Crippen molar-refractivity contribution < 1.29 is 9.59 Å². The van der Waals surface area contributed by atoms with E-state index in [4.69, 9.17) is 0 Å². The van der Waals surface area contributed by atoms with Gasteiger partial charge in [0, 0.05) is 5.69 Å². The zero-order valence-corrected chi connectivity index (χ0v) is 17.4. The molecule has 3 aromatic carbocycles. The van der Waals surface area contributed by atoms with E-state index < -0.39 is 0 Å². The highest BCUT2D eigenvalue weighted by molar-refractivity contribution is 6.46. The van der Waals surface area contributed by atoms with Gasteiger partial charge < -0.3 is 5.32 Å². The van der Waals surface area contributed by atoms with Gasteiger partial charge in [-0.05, 0) is 66.8 Å². The van der Waals surface area contributed by atoms with E-state index in [-0.39, 0.29) is 11.8 Å². The van der Waals surface area contributed by atoms with Gasteiger partial charge in [0.25, 0.3) is 11.8 Å². The molecule has 0 atom stereocenters. The molecular weight excluding hydrogens is 372 g/mol. The molecule has 1 N–H and O–H groups in total. The van der Waals surface area contributed by atoms with Crippen LogP contribution < -0.4 is 10.2 Å². The van der Waals surface area contributed by atoms with Crippen LogP contribution in [-0.2, 0) is 16.0 Å². The summed E-state index contributed by atoms with van der Waals surface area (Å²) >= 11 is 0. The number of anilines is 2. The zero-order chi connectivity index (χ0) is 21.3. The van der Waals surface area contributed by atoms with E-state index in [0.717, 1.165) is 28.8 Å². The highest BCUT2D eigenvalue weighted by Crippen LogP contribution is 2.34. The number of aryl methyl sites for hydroxylation is 3. The van der Waals surface area contributed by atoms with E-state index in [0.29, 0.717) is 17.0 Å². The van der Waals surface area contributed by atoms with Gasteiger partial charge in [-0.2, -0.15) is 0 Å². The van der Waals surface area contributed by atoms with E-state index >= 15 is 0 Å². The number of nitrogens with one attached hydrogen (secondary N) is 1. The van der Waals surface area contributed by atoms with Crippen molar-refractivity contribution in [2.45, 2.75) is 27.2 Å². The third kappa shape index (κ3) is 3.52. The van der Waals surface area contributed by atoms with Gasteiger partial charge in [-0.1, -0.05) is 55.5 Å². The van der Waals surface area contributed by atoms with Gasteiger partial charge in [0.1, 0.15) is 5.70 Å². The predicted octanol–water partition coefficient (Wildman–Crippen LogP) is 5.26. The Morgan fingerprint density at radius 2 is 1.50 bits per heavy atom. The molecule has 0 aromatic heterocycles. The highest BCUT2D eigenvalue weighted by Gasteiger charge is 2.40. The molecule has 30 heavy (non-hydrogen) atoms. The molecule has 0 radical (unpaired) electrons. The van der Waals surface area contributed by atoms with Crippen molar-refractivity contribution in [3.8, 4) is 0 Å². The second-order valence-corrected chi connectivity index (χ2v) is 7.51. The second kappa shape index (κ2) is 7.99. The van der Waals surface area contributed by atoms with Gasteiger partial charge in [-0.3, -0.25) is 9.59 Å². The van der Waals surface area contributed by atoms with Crippen molar-refractivity contribution in [1.29, 1.82) is 0 Å². The van der Waals surface area contributed by atoms with Crippen molar-refractivity contribution in [2.75, 3.05) is 10.2 Å². The smallest absolute Gasteiger partial charge is 0.282 e. The molecular formula is C26H24N2O2. The number of carbonyl (C=O) groups excluding carboxylic acids is 2. The first-order valence-electron chi connectivity index (χ1n) is 10.1. The topological polar surface area (TPSA) is 49.4 Å². The largest absolute Gasteiger partial charge is 0.350 e. The fourth-order valence-corrected chi connectivity index (χ4v) is 3.60. The summed E-state index contributed by atoms with van der Waals surface area (Å²) < 4.78 is 0. The maximum absolute atomic E-state index is 13.4. The lowest BCUT2D eigenvalue weighted by Crippen LogP contribution is -2.32. The zero-order valence-electron chi connectivity index (χ0n) is 17.4. The van der Waals surface area contributed by atoms with Crippen molar-refractivity contribution in [3.05, 3.63) is 101 Å². The molecule has 1 aliphatic heterocycles. The van der Waals surface area contributed by atoms with Gasteiger partial charge in [-0.15, -0.1) is 0 Å². The number of nitrogens with zero attached hydrogens (tertiary/aromatic N) is 1. The van der Waals surface area contributed by atoms with Crippen LogP contribution in [0, 0.1) is 13.8 Å². The fraction of sp³-hybridized carbons (Fsp3) is 0.154. The summed E-state index contributed by atoms with van der Waals surface area (Å²) in [5, 5.41) is 3.23. The van der Waals surface area contributed by atoms with E-state index in [1.165, 1.54) is 10.5 Å². The molecule has 4 nitrogen and oxygen atoms in total. The molecule has 0 bridgehead atoms. The van der Waals surface area contributed by atoms with Crippen molar-refractivity contribution in [1.82, 2.24) is 0 Å². The highest BCUT2D eigenvalue weighted by atomic mass is 16.2. The molecule has 150 valence electrons. The monoisotopic (exact) mass is 396 g/mol. The number of benzene rings is 3. The van der Waals surface area contributed by atoms with Crippen LogP contribution in [0.15, 0.2) is 78.5 Å². The van der Waals surface area contributed by atoms with Crippen LogP contribution in [0.3, 0.4) is 0 Å². The second-order valence-electron chi connectivity index (χ2n) is 7.51. The number of hydrogen-bond acceptors (Lipinski definition) is 3. The molecule has 1 aliphatic rings. The van der Waals surface area contributed by atoms with Crippen LogP contribution in [0.2, 0.25) is 0 Å². The Labute approximate surface area is 176 Å². The molecule has 4 heteroatoms. The summed E-state index contributed by atoms with van der Waals surface area (Å²) in [6, 6.07) is 22.8. The quantitative estimate of drug-likeness (QED) is 0.598. The van der Waals surface area contributed by atoms with Crippen LogP contribution in [0.25, 0.3) is 5.57 Å². The number of rotatable bonds is 5. The average Bonchev–Trinajstić information content (AvgIpc) is 3.01. The maximum Gasteiger partial charge on any atom is 0.282 e. The molecule has 0 saturated carbocycles. The third-order valence-electron chi connectivity index (χ3n) is 5.53.